The number of halogens is 2. The van der Waals surface area contributed by atoms with Crippen molar-refractivity contribution in [1.29, 1.82) is 0 Å². The van der Waals surface area contributed by atoms with Gasteiger partial charge in [0.25, 0.3) is 5.78 Å². The Hall–Kier alpha value is -0.920. The van der Waals surface area contributed by atoms with Crippen molar-refractivity contribution in [2.75, 3.05) is 0 Å². The maximum absolute atomic E-state index is 4.44. The highest BCUT2D eigenvalue weighted by Crippen LogP contribution is 2.22. The van der Waals surface area contributed by atoms with Gasteiger partial charge in [0, 0.05) is 15.9 Å². The summed E-state index contributed by atoms with van der Waals surface area (Å²) in [4.78, 5) is 8.80. The Balaban J connectivity index is 1.81. The highest BCUT2D eigenvalue weighted by atomic mass is 79.9. The standard InChI is InChI=1S/C13H10Br2N4S/c1-8-6-11(15)19-12(16-8)17-13(18-19)20-7-9-2-4-10(14)5-3-9/h2-6H,7H2,1H3. The first-order chi connectivity index (χ1) is 9.61. The fourth-order valence-electron chi connectivity index (χ4n) is 1.71. The summed E-state index contributed by atoms with van der Waals surface area (Å²) in [6.07, 6.45) is 0. The Kier molecular flexibility index (Phi) is 4.09. The Morgan fingerprint density at radius 1 is 1.15 bits per heavy atom. The molecule has 3 rings (SSSR count). The van der Waals surface area contributed by atoms with Crippen molar-refractivity contribution in [3.8, 4) is 0 Å². The van der Waals surface area contributed by atoms with Crippen molar-refractivity contribution >= 4 is 49.4 Å². The molecule has 0 radical (unpaired) electrons. The molecule has 3 aromatic rings. The molecule has 0 saturated carbocycles. The van der Waals surface area contributed by atoms with Crippen LogP contribution in [0.4, 0.5) is 0 Å². The Morgan fingerprint density at radius 3 is 2.65 bits per heavy atom. The molecule has 0 aliphatic rings. The lowest BCUT2D eigenvalue weighted by Crippen LogP contribution is -1.94. The SMILES string of the molecule is Cc1cc(Br)n2nc(SCc3ccc(Br)cc3)nc2n1. The fourth-order valence-corrected chi connectivity index (χ4v) is 3.32. The minimum atomic E-state index is 0.621. The number of fused-ring (bicyclic) bond motifs is 1. The van der Waals surface area contributed by atoms with Crippen LogP contribution in [-0.4, -0.2) is 19.6 Å². The lowest BCUT2D eigenvalue weighted by atomic mass is 10.2. The predicted octanol–water partition coefficient (Wildman–Crippen LogP) is 4.25. The number of hydrogen-bond acceptors (Lipinski definition) is 4. The van der Waals surface area contributed by atoms with Gasteiger partial charge in [-0.05, 0) is 46.6 Å². The van der Waals surface area contributed by atoms with Gasteiger partial charge in [0.05, 0.1) is 0 Å². The fraction of sp³-hybridized carbons (Fsp3) is 0.154. The monoisotopic (exact) mass is 412 g/mol. The summed E-state index contributed by atoms with van der Waals surface area (Å²) in [5.41, 5.74) is 2.15. The van der Waals surface area contributed by atoms with Gasteiger partial charge in [-0.1, -0.05) is 39.8 Å². The first-order valence-electron chi connectivity index (χ1n) is 5.89. The van der Waals surface area contributed by atoms with Gasteiger partial charge >= 0.3 is 0 Å². The van der Waals surface area contributed by atoms with E-state index in [9.17, 15) is 0 Å². The van der Waals surface area contributed by atoms with Crippen LogP contribution in [-0.2, 0) is 5.75 Å². The van der Waals surface area contributed by atoms with Crippen LogP contribution in [0, 0.1) is 6.92 Å². The van der Waals surface area contributed by atoms with E-state index in [4.69, 9.17) is 0 Å². The second-order valence-corrected chi connectivity index (χ2v) is 6.91. The number of rotatable bonds is 3. The summed E-state index contributed by atoms with van der Waals surface area (Å²) in [7, 11) is 0. The van der Waals surface area contributed by atoms with Gasteiger partial charge in [-0.15, -0.1) is 5.10 Å². The second kappa shape index (κ2) is 5.83. The first kappa shape index (κ1) is 14.0. The zero-order valence-corrected chi connectivity index (χ0v) is 14.5. The van der Waals surface area contributed by atoms with Gasteiger partial charge in [-0.2, -0.15) is 9.50 Å². The van der Waals surface area contributed by atoms with E-state index >= 15 is 0 Å². The summed E-state index contributed by atoms with van der Waals surface area (Å²) < 4.78 is 3.65. The van der Waals surface area contributed by atoms with E-state index in [0.29, 0.717) is 5.78 Å². The van der Waals surface area contributed by atoms with Gasteiger partial charge in [0.15, 0.2) is 0 Å². The maximum Gasteiger partial charge on any atom is 0.254 e. The summed E-state index contributed by atoms with van der Waals surface area (Å²) in [5.74, 6) is 1.45. The van der Waals surface area contributed by atoms with E-state index in [1.807, 2.05) is 25.1 Å². The minimum Gasteiger partial charge on any atom is -0.216 e. The van der Waals surface area contributed by atoms with Crippen LogP contribution in [0.15, 0.2) is 44.6 Å². The molecule has 0 aliphatic heterocycles. The lowest BCUT2D eigenvalue weighted by molar-refractivity contribution is 0.856. The minimum absolute atomic E-state index is 0.621. The van der Waals surface area contributed by atoms with E-state index in [-0.39, 0.29) is 0 Å². The van der Waals surface area contributed by atoms with Crippen molar-refractivity contribution in [1.82, 2.24) is 19.6 Å². The first-order valence-corrected chi connectivity index (χ1v) is 8.46. The van der Waals surface area contributed by atoms with Crippen molar-refractivity contribution in [2.24, 2.45) is 0 Å². The summed E-state index contributed by atoms with van der Waals surface area (Å²) in [6.45, 7) is 1.94. The lowest BCUT2D eigenvalue weighted by Gasteiger charge is -1.98. The largest absolute Gasteiger partial charge is 0.254 e. The molecule has 2 heterocycles. The van der Waals surface area contributed by atoms with Crippen molar-refractivity contribution in [3.63, 3.8) is 0 Å². The quantitative estimate of drug-likeness (QED) is 0.475. The van der Waals surface area contributed by atoms with Crippen LogP contribution in [0.1, 0.15) is 11.3 Å². The number of aromatic nitrogens is 4. The topological polar surface area (TPSA) is 43.1 Å². The van der Waals surface area contributed by atoms with Gasteiger partial charge in [0.2, 0.25) is 5.16 Å². The summed E-state index contributed by atoms with van der Waals surface area (Å²) in [6, 6.07) is 10.2. The summed E-state index contributed by atoms with van der Waals surface area (Å²) >= 11 is 8.50. The van der Waals surface area contributed by atoms with E-state index < -0.39 is 0 Å². The van der Waals surface area contributed by atoms with Crippen LogP contribution < -0.4 is 0 Å². The molecule has 0 fully saturated rings. The molecule has 0 saturated heterocycles. The van der Waals surface area contributed by atoms with Crippen molar-refractivity contribution in [2.45, 2.75) is 17.8 Å². The van der Waals surface area contributed by atoms with Crippen LogP contribution in [0.25, 0.3) is 5.78 Å². The molecule has 1 aromatic carbocycles. The molecule has 0 N–H and O–H groups in total. The molecule has 0 bridgehead atoms. The van der Waals surface area contributed by atoms with Crippen molar-refractivity contribution in [3.05, 3.63) is 50.7 Å². The van der Waals surface area contributed by atoms with Crippen LogP contribution >= 0.6 is 43.6 Å². The Bertz CT molecular complexity index is 755. The van der Waals surface area contributed by atoms with Crippen LogP contribution in [0.2, 0.25) is 0 Å². The van der Waals surface area contributed by atoms with E-state index in [0.717, 1.165) is 25.7 Å². The average Bonchev–Trinajstić information content (AvgIpc) is 2.81. The third-order valence-electron chi connectivity index (χ3n) is 2.66. The molecular formula is C13H10Br2N4S. The molecule has 0 atom stereocenters. The summed E-state index contributed by atoms with van der Waals surface area (Å²) in [5, 5.41) is 5.16. The van der Waals surface area contributed by atoms with E-state index in [2.05, 4.69) is 59.1 Å². The second-order valence-electron chi connectivity index (χ2n) is 4.24. The van der Waals surface area contributed by atoms with Gasteiger partial charge in [-0.25, -0.2) is 4.98 Å². The third kappa shape index (κ3) is 3.05. The zero-order valence-electron chi connectivity index (χ0n) is 10.5. The molecule has 0 aliphatic carbocycles. The van der Waals surface area contributed by atoms with Gasteiger partial charge in [0.1, 0.15) is 4.60 Å². The van der Waals surface area contributed by atoms with Gasteiger partial charge < -0.3 is 0 Å². The molecule has 20 heavy (non-hydrogen) atoms. The normalized spacial score (nSPS) is 11.2. The number of hydrogen-bond donors (Lipinski definition) is 0. The highest BCUT2D eigenvalue weighted by Gasteiger charge is 2.09. The molecule has 0 spiro atoms. The average molecular weight is 414 g/mol. The van der Waals surface area contributed by atoms with Crippen LogP contribution in [0.5, 0.6) is 0 Å². The van der Waals surface area contributed by atoms with Crippen molar-refractivity contribution < 1.29 is 0 Å². The third-order valence-corrected chi connectivity index (χ3v) is 4.66. The molecular weight excluding hydrogens is 404 g/mol. The molecule has 102 valence electrons. The predicted molar refractivity (Wildman–Crippen MR) is 86.9 cm³/mol. The molecule has 4 nitrogen and oxygen atoms in total. The maximum atomic E-state index is 4.44. The van der Waals surface area contributed by atoms with E-state index in [1.54, 1.807) is 16.3 Å². The number of aryl methyl sites for hydroxylation is 1. The van der Waals surface area contributed by atoms with Gasteiger partial charge in [-0.3, -0.25) is 0 Å². The number of thioether (sulfide) groups is 1. The molecule has 0 unspecified atom stereocenters. The van der Waals surface area contributed by atoms with Crippen LogP contribution in [0.3, 0.4) is 0 Å². The highest BCUT2D eigenvalue weighted by molar-refractivity contribution is 9.10. The number of nitrogens with zero attached hydrogens (tertiary/aromatic N) is 4. The molecule has 0 amide bonds. The molecule has 7 heteroatoms. The number of benzene rings is 1. The smallest absolute Gasteiger partial charge is 0.216 e. The molecule has 2 aromatic heterocycles. The zero-order chi connectivity index (χ0) is 14.1. The van der Waals surface area contributed by atoms with E-state index in [1.165, 1.54) is 5.56 Å². The Labute approximate surface area is 137 Å². The Morgan fingerprint density at radius 2 is 1.90 bits per heavy atom.